The average molecular weight is 228 g/mol. The minimum absolute atomic E-state index is 0.114. The predicted octanol–water partition coefficient (Wildman–Crippen LogP) is 3.35. The normalized spacial score (nSPS) is 31.5. The van der Waals surface area contributed by atoms with Crippen molar-refractivity contribution in [3.05, 3.63) is 12.7 Å². The Morgan fingerprint density at radius 2 is 2.00 bits per heavy atom. The first-order valence-electron chi connectivity index (χ1n) is 5.57. The van der Waals surface area contributed by atoms with Crippen LogP contribution in [0.5, 0.6) is 0 Å². The van der Waals surface area contributed by atoms with Crippen LogP contribution in [-0.4, -0.2) is 26.6 Å². The van der Waals surface area contributed by atoms with Crippen molar-refractivity contribution in [2.75, 3.05) is 6.61 Å². The first-order chi connectivity index (χ1) is 6.62. The van der Waals surface area contributed by atoms with Crippen LogP contribution in [0, 0.1) is 0 Å². The zero-order valence-electron chi connectivity index (χ0n) is 10.9. The van der Waals surface area contributed by atoms with Crippen molar-refractivity contribution in [1.82, 2.24) is 0 Å². The molecule has 1 fully saturated rings. The van der Waals surface area contributed by atoms with E-state index in [4.69, 9.17) is 9.16 Å². The average Bonchev–Trinajstić information content (AvgIpc) is 2.73. The lowest BCUT2D eigenvalue weighted by Gasteiger charge is -2.36. The summed E-state index contributed by atoms with van der Waals surface area (Å²) in [4.78, 5) is 0. The Hall–Kier alpha value is -0.123. The topological polar surface area (TPSA) is 21.8 Å². The number of hydrogen-bond donors (Lipinski definition) is 0. The third-order valence-corrected chi connectivity index (χ3v) is 8.16. The molecule has 2 nitrogen and oxygen atoms in total. The molecule has 0 amide bonds. The molecule has 0 bridgehead atoms. The summed E-state index contributed by atoms with van der Waals surface area (Å²) in [5, 5.41) is 0.266. The van der Waals surface area contributed by atoms with Crippen LogP contribution in [0.15, 0.2) is 12.7 Å². The zero-order chi connectivity index (χ0) is 11.9. The fourth-order valence-corrected chi connectivity index (χ4v) is 2.29. The van der Waals surface area contributed by atoms with Gasteiger partial charge in [-0.15, -0.1) is 6.58 Å². The van der Waals surface area contributed by atoms with Crippen LogP contribution in [0.1, 0.15) is 27.7 Å². The van der Waals surface area contributed by atoms with Crippen LogP contribution in [0.2, 0.25) is 18.1 Å². The molecule has 0 saturated carbocycles. The van der Waals surface area contributed by atoms with E-state index >= 15 is 0 Å². The van der Waals surface area contributed by atoms with Gasteiger partial charge in [0.2, 0.25) is 0 Å². The quantitative estimate of drug-likeness (QED) is 0.418. The molecule has 1 aliphatic heterocycles. The molecule has 0 aliphatic carbocycles. The summed E-state index contributed by atoms with van der Waals surface area (Å²) in [6, 6.07) is 0. The second-order valence-electron chi connectivity index (χ2n) is 6.14. The van der Waals surface area contributed by atoms with Gasteiger partial charge in [-0.25, -0.2) is 0 Å². The summed E-state index contributed by atoms with van der Waals surface area (Å²) in [5.41, 5.74) is -0.114. The minimum atomic E-state index is -1.63. The van der Waals surface area contributed by atoms with E-state index in [0.29, 0.717) is 6.61 Å². The van der Waals surface area contributed by atoms with E-state index in [2.05, 4.69) is 47.4 Å². The Labute approximate surface area is 94.8 Å². The molecule has 1 aliphatic rings. The Bertz CT molecular complexity index is 255. The molecule has 2 atom stereocenters. The van der Waals surface area contributed by atoms with Crippen molar-refractivity contribution in [3.63, 3.8) is 0 Å². The van der Waals surface area contributed by atoms with Gasteiger partial charge in [-0.1, -0.05) is 26.8 Å². The highest BCUT2D eigenvalue weighted by Gasteiger charge is 2.52. The molecular formula is C12H24O2Si. The van der Waals surface area contributed by atoms with Crippen LogP contribution in [0.25, 0.3) is 0 Å². The molecular weight excluding hydrogens is 204 g/mol. The maximum atomic E-state index is 6.12. The SMILES string of the molecule is C=C[C@@H]1O[C@@]1(C)CO[Si](C)(C)C(C)(C)C. The summed E-state index contributed by atoms with van der Waals surface area (Å²) in [7, 11) is -1.63. The number of epoxide rings is 1. The molecule has 1 rings (SSSR count). The van der Waals surface area contributed by atoms with Gasteiger partial charge in [0.15, 0.2) is 8.32 Å². The van der Waals surface area contributed by atoms with Crippen LogP contribution in [0.4, 0.5) is 0 Å². The van der Waals surface area contributed by atoms with Gasteiger partial charge < -0.3 is 9.16 Å². The lowest BCUT2D eigenvalue weighted by atomic mass is 10.1. The second-order valence-corrected chi connectivity index (χ2v) is 10.9. The first kappa shape index (κ1) is 12.9. The molecule has 15 heavy (non-hydrogen) atoms. The standard InChI is InChI=1S/C12H24O2Si/c1-8-10-12(5,14-10)9-13-15(6,7)11(2,3)4/h8,10H,1,9H2,2-7H3/t10-,12-/m0/s1. The van der Waals surface area contributed by atoms with Gasteiger partial charge >= 0.3 is 0 Å². The molecule has 0 N–H and O–H groups in total. The Morgan fingerprint density at radius 3 is 2.33 bits per heavy atom. The van der Waals surface area contributed by atoms with E-state index in [9.17, 15) is 0 Å². The second kappa shape index (κ2) is 3.72. The minimum Gasteiger partial charge on any atom is -0.414 e. The summed E-state index contributed by atoms with van der Waals surface area (Å²) < 4.78 is 11.7. The van der Waals surface area contributed by atoms with E-state index < -0.39 is 8.32 Å². The Balaban J connectivity index is 2.48. The van der Waals surface area contributed by atoms with E-state index in [1.807, 2.05) is 6.08 Å². The van der Waals surface area contributed by atoms with Gasteiger partial charge in [-0.3, -0.25) is 0 Å². The maximum Gasteiger partial charge on any atom is 0.192 e. The highest BCUT2D eigenvalue weighted by Crippen LogP contribution is 2.41. The molecule has 0 aromatic rings. The molecule has 3 heteroatoms. The maximum absolute atomic E-state index is 6.12. The molecule has 1 saturated heterocycles. The van der Waals surface area contributed by atoms with Crippen molar-refractivity contribution in [2.45, 2.75) is 57.5 Å². The Kier molecular flexibility index (Phi) is 3.21. The smallest absolute Gasteiger partial charge is 0.192 e. The van der Waals surface area contributed by atoms with E-state index in [1.165, 1.54) is 0 Å². The van der Waals surface area contributed by atoms with Crippen LogP contribution >= 0.6 is 0 Å². The summed E-state index contributed by atoms with van der Waals surface area (Å²) >= 11 is 0. The predicted molar refractivity (Wildman–Crippen MR) is 66.6 cm³/mol. The Morgan fingerprint density at radius 1 is 1.47 bits per heavy atom. The number of hydrogen-bond acceptors (Lipinski definition) is 2. The van der Waals surface area contributed by atoms with E-state index in [-0.39, 0.29) is 16.7 Å². The van der Waals surface area contributed by atoms with Crippen molar-refractivity contribution < 1.29 is 9.16 Å². The lowest BCUT2D eigenvalue weighted by Crippen LogP contribution is -2.43. The molecule has 0 radical (unpaired) electrons. The number of rotatable bonds is 4. The van der Waals surface area contributed by atoms with Crippen molar-refractivity contribution in [2.24, 2.45) is 0 Å². The molecule has 0 aromatic carbocycles. The fourth-order valence-electron chi connectivity index (χ4n) is 1.21. The van der Waals surface area contributed by atoms with Gasteiger partial charge in [-0.05, 0) is 25.1 Å². The van der Waals surface area contributed by atoms with Crippen LogP contribution < -0.4 is 0 Å². The molecule has 0 aromatic heterocycles. The highest BCUT2D eigenvalue weighted by molar-refractivity contribution is 6.74. The third-order valence-electron chi connectivity index (χ3n) is 3.68. The monoisotopic (exact) mass is 228 g/mol. The molecule has 1 heterocycles. The highest BCUT2D eigenvalue weighted by atomic mass is 28.4. The van der Waals surface area contributed by atoms with E-state index in [1.54, 1.807) is 0 Å². The van der Waals surface area contributed by atoms with Crippen molar-refractivity contribution in [1.29, 1.82) is 0 Å². The number of ether oxygens (including phenoxy) is 1. The molecule has 0 unspecified atom stereocenters. The largest absolute Gasteiger partial charge is 0.414 e. The van der Waals surface area contributed by atoms with Crippen molar-refractivity contribution in [3.8, 4) is 0 Å². The van der Waals surface area contributed by atoms with Gasteiger partial charge in [0.1, 0.15) is 11.7 Å². The summed E-state index contributed by atoms with van der Waals surface area (Å²) in [6.45, 7) is 17.8. The fraction of sp³-hybridized carbons (Fsp3) is 0.833. The lowest BCUT2D eigenvalue weighted by molar-refractivity contribution is 0.188. The third kappa shape index (κ3) is 2.71. The van der Waals surface area contributed by atoms with E-state index in [0.717, 1.165) is 0 Å². The van der Waals surface area contributed by atoms with Crippen molar-refractivity contribution >= 4 is 8.32 Å². The first-order valence-corrected chi connectivity index (χ1v) is 8.47. The van der Waals surface area contributed by atoms with Gasteiger partial charge in [-0.2, -0.15) is 0 Å². The molecule has 88 valence electrons. The summed E-state index contributed by atoms with van der Waals surface area (Å²) in [5.74, 6) is 0. The molecule has 0 spiro atoms. The van der Waals surface area contributed by atoms with Crippen LogP contribution in [0.3, 0.4) is 0 Å². The summed E-state index contributed by atoms with van der Waals surface area (Å²) in [6.07, 6.45) is 2.04. The van der Waals surface area contributed by atoms with Crippen LogP contribution in [-0.2, 0) is 9.16 Å². The van der Waals surface area contributed by atoms with Gasteiger partial charge in [0.05, 0.1) is 6.61 Å². The van der Waals surface area contributed by atoms with Gasteiger partial charge in [0, 0.05) is 0 Å². The zero-order valence-corrected chi connectivity index (χ0v) is 11.9. The van der Waals surface area contributed by atoms with Gasteiger partial charge in [0.25, 0.3) is 0 Å².